The third kappa shape index (κ3) is 2.03. The molecule has 0 aliphatic rings. The number of hydrogen-bond acceptors (Lipinski definition) is 2. The van der Waals surface area contributed by atoms with Crippen molar-refractivity contribution in [2.75, 3.05) is 6.61 Å². The number of rotatable bonds is 3. The molecule has 1 aromatic carbocycles. The molecule has 72 valence electrons. The normalized spacial score (nSPS) is 10.4. The van der Waals surface area contributed by atoms with Crippen LogP contribution in [0.4, 0.5) is 0 Å². The van der Waals surface area contributed by atoms with Gasteiger partial charge in [0.25, 0.3) is 0 Å². The van der Waals surface area contributed by atoms with Crippen molar-refractivity contribution in [3.8, 4) is 11.1 Å². The van der Waals surface area contributed by atoms with E-state index in [1.165, 1.54) is 16.7 Å². The van der Waals surface area contributed by atoms with Crippen LogP contribution in [-0.2, 0) is 6.42 Å². The lowest BCUT2D eigenvalue weighted by Gasteiger charge is -2.01. The summed E-state index contributed by atoms with van der Waals surface area (Å²) in [5.74, 6) is 0. The van der Waals surface area contributed by atoms with Crippen LogP contribution in [0, 0.1) is 0 Å². The fraction of sp³-hybridized carbons (Fsp3) is 0.167. The summed E-state index contributed by atoms with van der Waals surface area (Å²) in [6, 6.07) is 10.4. The molecule has 1 N–H and O–H groups in total. The Morgan fingerprint density at radius 1 is 1.14 bits per heavy atom. The van der Waals surface area contributed by atoms with E-state index in [-0.39, 0.29) is 6.61 Å². The average molecular weight is 204 g/mol. The predicted octanol–water partition coefficient (Wildman–Crippen LogP) is 2.95. The zero-order valence-corrected chi connectivity index (χ0v) is 8.63. The Hall–Kier alpha value is -1.12. The van der Waals surface area contributed by atoms with E-state index in [0.29, 0.717) is 0 Å². The summed E-state index contributed by atoms with van der Waals surface area (Å²) < 4.78 is 0. The topological polar surface area (TPSA) is 20.2 Å². The van der Waals surface area contributed by atoms with Gasteiger partial charge in [0, 0.05) is 6.61 Å². The Balaban J connectivity index is 2.31. The summed E-state index contributed by atoms with van der Waals surface area (Å²) in [7, 11) is 0. The molecule has 0 amide bonds. The smallest absolute Gasteiger partial charge is 0.0471 e. The first-order valence-electron chi connectivity index (χ1n) is 4.62. The van der Waals surface area contributed by atoms with Gasteiger partial charge in [0.2, 0.25) is 0 Å². The van der Waals surface area contributed by atoms with Gasteiger partial charge in [-0.2, -0.15) is 11.3 Å². The zero-order valence-electron chi connectivity index (χ0n) is 7.81. The molecule has 0 spiro atoms. The summed E-state index contributed by atoms with van der Waals surface area (Å²) in [6.07, 6.45) is 0.734. The number of hydrogen-bond donors (Lipinski definition) is 1. The molecule has 0 saturated heterocycles. The quantitative estimate of drug-likeness (QED) is 0.815. The van der Waals surface area contributed by atoms with Crippen LogP contribution in [0.3, 0.4) is 0 Å². The Morgan fingerprint density at radius 3 is 2.79 bits per heavy atom. The summed E-state index contributed by atoms with van der Waals surface area (Å²) >= 11 is 1.70. The average Bonchev–Trinajstić information content (AvgIpc) is 2.71. The second-order valence-corrected chi connectivity index (χ2v) is 3.97. The van der Waals surface area contributed by atoms with Crippen LogP contribution in [-0.4, -0.2) is 11.7 Å². The molecular formula is C12H12OS. The van der Waals surface area contributed by atoms with Gasteiger partial charge in [-0.3, -0.25) is 0 Å². The largest absolute Gasteiger partial charge is 0.396 e. The Labute approximate surface area is 87.7 Å². The molecule has 2 heteroatoms. The maximum absolute atomic E-state index is 8.84. The van der Waals surface area contributed by atoms with Crippen LogP contribution in [0.15, 0.2) is 41.1 Å². The van der Waals surface area contributed by atoms with Gasteiger partial charge in [-0.05, 0) is 39.9 Å². The van der Waals surface area contributed by atoms with Gasteiger partial charge in [0.1, 0.15) is 0 Å². The van der Waals surface area contributed by atoms with Crippen LogP contribution < -0.4 is 0 Å². The van der Waals surface area contributed by atoms with E-state index >= 15 is 0 Å². The SMILES string of the molecule is OCCc1cccc(-c2ccsc2)c1. The standard InChI is InChI=1S/C12H12OS/c13-6-4-10-2-1-3-11(8-10)12-5-7-14-9-12/h1-3,5,7-9,13H,4,6H2. The molecule has 0 aliphatic heterocycles. The lowest BCUT2D eigenvalue weighted by Crippen LogP contribution is -1.90. The molecule has 1 heterocycles. The Kier molecular flexibility index (Phi) is 2.96. The summed E-state index contributed by atoms with van der Waals surface area (Å²) in [5, 5.41) is 13.1. The molecule has 0 atom stereocenters. The van der Waals surface area contributed by atoms with Crippen molar-refractivity contribution in [2.45, 2.75) is 6.42 Å². The molecule has 2 aromatic rings. The Bertz CT molecular complexity index is 392. The molecule has 1 aromatic heterocycles. The van der Waals surface area contributed by atoms with E-state index in [1.807, 2.05) is 12.1 Å². The first-order valence-corrected chi connectivity index (χ1v) is 5.57. The highest BCUT2D eigenvalue weighted by atomic mass is 32.1. The third-order valence-corrected chi connectivity index (χ3v) is 2.87. The van der Waals surface area contributed by atoms with Crippen LogP contribution in [0.25, 0.3) is 11.1 Å². The number of aliphatic hydroxyl groups excluding tert-OH is 1. The molecule has 2 rings (SSSR count). The van der Waals surface area contributed by atoms with Gasteiger partial charge >= 0.3 is 0 Å². The molecule has 0 aliphatic carbocycles. The molecule has 0 fully saturated rings. The fourth-order valence-corrected chi connectivity index (χ4v) is 2.13. The molecule has 0 unspecified atom stereocenters. The molecule has 1 nitrogen and oxygen atoms in total. The first-order chi connectivity index (χ1) is 6.90. The summed E-state index contributed by atoms with van der Waals surface area (Å²) in [6.45, 7) is 0.215. The second-order valence-electron chi connectivity index (χ2n) is 3.19. The van der Waals surface area contributed by atoms with E-state index in [9.17, 15) is 0 Å². The molecule has 14 heavy (non-hydrogen) atoms. The maximum Gasteiger partial charge on any atom is 0.0471 e. The van der Waals surface area contributed by atoms with Crippen molar-refractivity contribution >= 4 is 11.3 Å². The minimum atomic E-state index is 0.215. The van der Waals surface area contributed by atoms with Crippen LogP contribution in [0.5, 0.6) is 0 Å². The van der Waals surface area contributed by atoms with Crippen molar-refractivity contribution in [3.63, 3.8) is 0 Å². The molecule has 0 bridgehead atoms. The number of aliphatic hydroxyl groups is 1. The highest BCUT2D eigenvalue weighted by Crippen LogP contribution is 2.22. The van der Waals surface area contributed by atoms with Crippen molar-refractivity contribution in [3.05, 3.63) is 46.7 Å². The van der Waals surface area contributed by atoms with Crippen LogP contribution in [0.2, 0.25) is 0 Å². The second kappa shape index (κ2) is 4.40. The third-order valence-electron chi connectivity index (χ3n) is 2.18. The Morgan fingerprint density at radius 2 is 2.07 bits per heavy atom. The molecule has 0 radical (unpaired) electrons. The van der Waals surface area contributed by atoms with Crippen LogP contribution in [0.1, 0.15) is 5.56 Å². The molecular weight excluding hydrogens is 192 g/mol. The first kappa shape index (κ1) is 9.44. The van der Waals surface area contributed by atoms with E-state index in [2.05, 4.69) is 29.0 Å². The van der Waals surface area contributed by atoms with E-state index in [4.69, 9.17) is 5.11 Å². The summed E-state index contributed by atoms with van der Waals surface area (Å²) in [4.78, 5) is 0. The maximum atomic E-state index is 8.84. The van der Waals surface area contributed by atoms with Crippen molar-refractivity contribution in [1.29, 1.82) is 0 Å². The zero-order chi connectivity index (χ0) is 9.80. The summed E-state index contributed by atoms with van der Waals surface area (Å²) in [5.41, 5.74) is 3.68. The minimum absolute atomic E-state index is 0.215. The van der Waals surface area contributed by atoms with Gasteiger partial charge in [-0.15, -0.1) is 0 Å². The van der Waals surface area contributed by atoms with Gasteiger partial charge in [0.15, 0.2) is 0 Å². The van der Waals surface area contributed by atoms with Gasteiger partial charge in [0.05, 0.1) is 0 Å². The van der Waals surface area contributed by atoms with Crippen molar-refractivity contribution < 1.29 is 5.11 Å². The van der Waals surface area contributed by atoms with E-state index in [0.717, 1.165) is 6.42 Å². The predicted molar refractivity (Wildman–Crippen MR) is 60.5 cm³/mol. The number of thiophene rings is 1. The lowest BCUT2D eigenvalue weighted by atomic mass is 10.0. The number of benzene rings is 1. The van der Waals surface area contributed by atoms with Gasteiger partial charge in [-0.1, -0.05) is 24.3 Å². The van der Waals surface area contributed by atoms with E-state index in [1.54, 1.807) is 11.3 Å². The fourth-order valence-electron chi connectivity index (χ4n) is 1.46. The van der Waals surface area contributed by atoms with Gasteiger partial charge in [-0.25, -0.2) is 0 Å². The highest BCUT2D eigenvalue weighted by Gasteiger charge is 1.98. The van der Waals surface area contributed by atoms with Crippen LogP contribution >= 0.6 is 11.3 Å². The molecule has 0 saturated carbocycles. The van der Waals surface area contributed by atoms with Gasteiger partial charge < -0.3 is 5.11 Å². The monoisotopic (exact) mass is 204 g/mol. The minimum Gasteiger partial charge on any atom is -0.396 e. The van der Waals surface area contributed by atoms with Crippen molar-refractivity contribution in [1.82, 2.24) is 0 Å². The highest BCUT2D eigenvalue weighted by molar-refractivity contribution is 7.08. The van der Waals surface area contributed by atoms with Crippen molar-refractivity contribution in [2.24, 2.45) is 0 Å². The van der Waals surface area contributed by atoms with E-state index < -0.39 is 0 Å². The lowest BCUT2D eigenvalue weighted by molar-refractivity contribution is 0.299.